The molecule has 3 rings (SSSR count). The molecule has 8 heteroatoms. The van der Waals surface area contributed by atoms with E-state index in [0.29, 0.717) is 11.1 Å². The second-order valence-electron chi connectivity index (χ2n) is 7.21. The quantitative estimate of drug-likeness (QED) is 0.653. The van der Waals surface area contributed by atoms with Crippen LogP contribution in [0.5, 0.6) is 0 Å². The zero-order valence-electron chi connectivity index (χ0n) is 16.3. The highest BCUT2D eigenvalue weighted by Gasteiger charge is 2.23. The summed E-state index contributed by atoms with van der Waals surface area (Å²) in [5.41, 5.74) is 5.88. The van der Waals surface area contributed by atoms with Gasteiger partial charge in [0, 0.05) is 17.2 Å². The molecule has 3 N–H and O–H groups in total. The van der Waals surface area contributed by atoms with Gasteiger partial charge in [-0.15, -0.1) is 0 Å². The van der Waals surface area contributed by atoms with Gasteiger partial charge in [0.05, 0.1) is 4.90 Å². The number of rotatable bonds is 5. The van der Waals surface area contributed by atoms with E-state index in [4.69, 9.17) is 0 Å². The first-order chi connectivity index (χ1) is 13.9. The third kappa shape index (κ3) is 5.42. The molecule has 1 saturated carbocycles. The first-order valence-corrected chi connectivity index (χ1v) is 11.1. The SMILES string of the molecule is Cc1ccc(S(=O)(=O)NC2CCCCC2)cc1C(=O)NNC(=O)c1ccccc1. The van der Waals surface area contributed by atoms with Crippen LogP contribution in [-0.2, 0) is 10.0 Å². The van der Waals surface area contributed by atoms with Crippen LogP contribution in [0.3, 0.4) is 0 Å². The predicted octanol–water partition coefficient (Wildman–Crippen LogP) is 2.68. The monoisotopic (exact) mass is 415 g/mol. The summed E-state index contributed by atoms with van der Waals surface area (Å²) in [6.45, 7) is 1.71. The molecule has 0 saturated heterocycles. The largest absolute Gasteiger partial charge is 0.270 e. The van der Waals surface area contributed by atoms with Crippen LogP contribution < -0.4 is 15.6 Å². The van der Waals surface area contributed by atoms with Gasteiger partial charge in [0.25, 0.3) is 11.8 Å². The summed E-state index contributed by atoms with van der Waals surface area (Å²) in [5.74, 6) is -1.04. The molecule has 0 aliphatic heterocycles. The Hall–Kier alpha value is -2.71. The van der Waals surface area contributed by atoms with Crippen LogP contribution in [0, 0.1) is 6.92 Å². The van der Waals surface area contributed by atoms with Gasteiger partial charge in [-0.05, 0) is 49.6 Å². The number of hydrogen-bond donors (Lipinski definition) is 3. The second kappa shape index (κ2) is 9.19. The number of sulfonamides is 1. The van der Waals surface area contributed by atoms with Gasteiger partial charge in [-0.3, -0.25) is 20.4 Å². The van der Waals surface area contributed by atoms with Crippen LogP contribution in [0.25, 0.3) is 0 Å². The summed E-state index contributed by atoms with van der Waals surface area (Å²) >= 11 is 0. The average Bonchev–Trinajstić information content (AvgIpc) is 2.73. The Morgan fingerprint density at radius 2 is 1.55 bits per heavy atom. The van der Waals surface area contributed by atoms with Gasteiger partial charge < -0.3 is 0 Å². The number of aryl methyl sites for hydroxylation is 1. The van der Waals surface area contributed by atoms with Crippen LogP contribution in [0.4, 0.5) is 0 Å². The molecule has 0 bridgehead atoms. The van der Waals surface area contributed by atoms with Crippen molar-refractivity contribution in [3.8, 4) is 0 Å². The van der Waals surface area contributed by atoms with E-state index >= 15 is 0 Å². The molecule has 29 heavy (non-hydrogen) atoms. The zero-order chi connectivity index (χ0) is 20.9. The lowest BCUT2D eigenvalue weighted by molar-refractivity contribution is 0.0846. The number of carbonyl (C=O) groups excluding carboxylic acids is 2. The van der Waals surface area contributed by atoms with E-state index in [0.717, 1.165) is 32.1 Å². The molecular weight excluding hydrogens is 390 g/mol. The predicted molar refractivity (Wildman–Crippen MR) is 110 cm³/mol. The Morgan fingerprint density at radius 1 is 0.897 bits per heavy atom. The minimum Gasteiger partial charge on any atom is -0.267 e. The molecule has 0 atom stereocenters. The van der Waals surface area contributed by atoms with E-state index < -0.39 is 21.8 Å². The highest BCUT2D eigenvalue weighted by Crippen LogP contribution is 2.21. The summed E-state index contributed by atoms with van der Waals surface area (Å²) in [5, 5.41) is 0. The third-order valence-corrected chi connectivity index (χ3v) is 6.53. The normalized spacial score (nSPS) is 14.9. The van der Waals surface area contributed by atoms with Gasteiger partial charge in [0.2, 0.25) is 10.0 Å². The number of hydrogen-bond acceptors (Lipinski definition) is 4. The Labute approximate surface area is 170 Å². The highest BCUT2D eigenvalue weighted by atomic mass is 32.2. The lowest BCUT2D eigenvalue weighted by atomic mass is 9.96. The summed E-state index contributed by atoms with van der Waals surface area (Å²) in [6.07, 6.45) is 4.79. The van der Waals surface area contributed by atoms with E-state index in [9.17, 15) is 18.0 Å². The van der Waals surface area contributed by atoms with Gasteiger partial charge in [0.15, 0.2) is 0 Å². The molecule has 7 nitrogen and oxygen atoms in total. The fourth-order valence-electron chi connectivity index (χ4n) is 3.36. The van der Waals surface area contributed by atoms with Crippen molar-refractivity contribution in [1.82, 2.24) is 15.6 Å². The molecule has 0 heterocycles. The van der Waals surface area contributed by atoms with E-state index in [-0.39, 0.29) is 16.5 Å². The fraction of sp³-hybridized carbons (Fsp3) is 0.333. The molecule has 154 valence electrons. The van der Waals surface area contributed by atoms with Crippen molar-refractivity contribution < 1.29 is 18.0 Å². The summed E-state index contributed by atoms with van der Waals surface area (Å²) in [6, 6.07) is 12.8. The van der Waals surface area contributed by atoms with Crippen LogP contribution in [0.2, 0.25) is 0 Å². The highest BCUT2D eigenvalue weighted by molar-refractivity contribution is 7.89. The topological polar surface area (TPSA) is 104 Å². The van der Waals surface area contributed by atoms with E-state index in [2.05, 4.69) is 15.6 Å². The second-order valence-corrected chi connectivity index (χ2v) is 8.92. The van der Waals surface area contributed by atoms with Gasteiger partial charge >= 0.3 is 0 Å². The number of hydrazine groups is 1. The van der Waals surface area contributed by atoms with Gasteiger partial charge in [0.1, 0.15) is 0 Å². The number of benzene rings is 2. The van der Waals surface area contributed by atoms with Crippen molar-refractivity contribution in [3.05, 3.63) is 65.2 Å². The van der Waals surface area contributed by atoms with Crippen LogP contribution in [0.15, 0.2) is 53.4 Å². The van der Waals surface area contributed by atoms with Crippen molar-refractivity contribution in [2.24, 2.45) is 0 Å². The zero-order valence-corrected chi connectivity index (χ0v) is 17.1. The van der Waals surface area contributed by atoms with E-state index in [1.54, 1.807) is 43.3 Å². The molecule has 0 aromatic heterocycles. The lowest BCUT2D eigenvalue weighted by Crippen LogP contribution is -2.42. The third-order valence-electron chi connectivity index (χ3n) is 5.02. The van der Waals surface area contributed by atoms with Crippen molar-refractivity contribution in [1.29, 1.82) is 0 Å². The molecule has 2 amide bonds. The standard InChI is InChI=1S/C21H25N3O4S/c1-15-12-13-18(29(27,28)24-17-10-6-3-7-11-17)14-19(15)21(26)23-22-20(25)16-8-4-2-5-9-16/h2,4-5,8-9,12-14,17,24H,3,6-7,10-11H2,1H3,(H,22,25)(H,23,26). The molecule has 0 radical (unpaired) electrons. The number of nitrogens with one attached hydrogen (secondary N) is 3. The minimum absolute atomic E-state index is 0.0354. The minimum atomic E-state index is -3.72. The van der Waals surface area contributed by atoms with Gasteiger partial charge in [-0.2, -0.15) is 0 Å². The van der Waals surface area contributed by atoms with Gasteiger partial charge in [-0.1, -0.05) is 43.5 Å². The first-order valence-electron chi connectivity index (χ1n) is 9.65. The fourth-order valence-corrected chi connectivity index (χ4v) is 4.69. The maximum absolute atomic E-state index is 12.7. The molecule has 0 spiro atoms. The van der Waals surface area contributed by atoms with Crippen molar-refractivity contribution in [3.63, 3.8) is 0 Å². The Kier molecular flexibility index (Phi) is 6.66. The van der Waals surface area contributed by atoms with Crippen molar-refractivity contribution in [2.75, 3.05) is 0 Å². The van der Waals surface area contributed by atoms with Crippen LogP contribution >= 0.6 is 0 Å². The van der Waals surface area contributed by atoms with Crippen molar-refractivity contribution in [2.45, 2.75) is 50.0 Å². The average molecular weight is 416 g/mol. The molecule has 1 aliphatic carbocycles. The maximum atomic E-state index is 12.7. The Balaban J connectivity index is 1.70. The van der Waals surface area contributed by atoms with Gasteiger partial charge in [-0.25, -0.2) is 13.1 Å². The van der Waals surface area contributed by atoms with Crippen LogP contribution in [0.1, 0.15) is 58.4 Å². The smallest absolute Gasteiger partial charge is 0.267 e. The molecule has 1 aliphatic rings. The Morgan fingerprint density at radius 3 is 2.24 bits per heavy atom. The molecule has 0 unspecified atom stereocenters. The molecule has 1 fully saturated rings. The summed E-state index contributed by atoms with van der Waals surface area (Å²) in [7, 11) is -3.72. The number of carbonyl (C=O) groups is 2. The van der Waals surface area contributed by atoms with E-state index in [1.807, 2.05) is 0 Å². The first kappa shape index (κ1) is 21.0. The Bertz CT molecular complexity index is 984. The summed E-state index contributed by atoms with van der Waals surface area (Å²) in [4.78, 5) is 24.6. The van der Waals surface area contributed by atoms with Crippen molar-refractivity contribution >= 4 is 21.8 Å². The lowest BCUT2D eigenvalue weighted by Gasteiger charge is -2.22. The summed E-state index contributed by atoms with van der Waals surface area (Å²) < 4.78 is 28.2. The number of amides is 2. The molecular formula is C21H25N3O4S. The van der Waals surface area contributed by atoms with E-state index in [1.165, 1.54) is 12.1 Å². The maximum Gasteiger partial charge on any atom is 0.270 e. The molecule has 2 aromatic carbocycles. The van der Waals surface area contributed by atoms with Crippen LogP contribution in [-0.4, -0.2) is 26.3 Å². The molecule has 2 aromatic rings.